The van der Waals surface area contributed by atoms with Crippen LogP contribution in [0, 0.1) is 27.3 Å². The first-order valence-electron chi connectivity index (χ1n) is 1.40. The summed E-state index contributed by atoms with van der Waals surface area (Å²) < 4.78 is 0. The summed E-state index contributed by atoms with van der Waals surface area (Å²) in [7, 11) is 2.49. The summed E-state index contributed by atoms with van der Waals surface area (Å²) in [6.45, 7) is 0. The standard InChI is InChI=1S/CH2NO3.HNO3.Y/c1-5-2(3)4;2-1(3)4;/h1H2;(H,2,3,4);/q-1;;. The number of nitrogens with zero attached hydrogens (tertiary/aromatic N) is 2. The van der Waals surface area contributed by atoms with Crippen LogP contribution in [-0.4, -0.2) is 15.4 Å². The van der Waals surface area contributed by atoms with Crippen LogP contribution in [0.15, 0.2) is 0 Å². The monoisotopic (exact) mass is 228 g/mol. The van der Waals surface area contributed by atoms with Crippen molar-refractivity contribution in [2.45, 2.75) is 0 Å². The minimum atomic E-state index is -1.50. The van der Waals surface area contributed by atoms with Crippen LogP contribution in [0.4, 0.5) is 0 Å². The van der Waals surface area contributed by atoms with E-state index in [-0.39, 0.29) is 32.7 Å². The van der Waals surface area contributed by atoms with E-state index in [1.165, 1.54) is 0 Å². The van der Waals surface area contributed by atoms with Crippen LogP contribution in [0.3, 0.4) is 0 Å². The van der Waals surface area contributed by atoms with Gasteiger partial charge >= 0.3 is 0 Å². The van der Waals surface area contributed by atoms with E-state index in [0.29, 0.717) is 0 Å². The molecular formula is CH3N2O6Y-. The third-order valence-electron chi connectivity index (χ3n) is 0.105. The summed E-state index contributed by atoms with van der Waals surface area (Å²) >= 11 is 0. The zero-order chi connectivity index (χ0) is 7.86. The quantitative estimate of drug-likeness (QED) is 0.372. The Labute approximate surface area is 80.3 Å². The molecule has 0 spiro atoms. The molecule has 0 amide bonds. The first kappa shape index (κ1) is 16.2. The molecule has 0 bridgehead atoms. The van der Waals surface area contributed by atoms with E-state index in [4.69, 9.17) is 25.4 Å². The third kappa shape index (κ3) is 140. The van der Waals surface area contributed by atoms with Gasteiger partial charge in [-0.15, -0.1) is 20.2 Å². The van der Waals surface area contributed by atoms with E-state index < -0.39 is 10.2 Å². The largest absolute Gasteiger partial charge is 0.488 e. The Morgan fingerprint density at radius 3 is 1.50 bits per heavy atom. The average molecular weight is 228 g/mol. The van der Waals surface area contributed by atoms with E-state index in [9.17, 15) is 0 Å². The minimum Gasteiger partial charge on any atom is -0.488 e. The van der Waals surface area contributed by atoms with E-state index in [2.05, 4.69) is 11.9 Å². The van der Waals surface area contributed by atoms with Gasteiger partial charge in [0.15, 0.2) is 0 Å². The van der Waals surface area contributed by atoms with E-state index >= 15 is 0 Å². The SMILES string of the molecule is O=[N+]([O-])O.[CH2-]O[N+](=O)[O-].[Y]. The van der Waals surface area contributed by atoms with Gasteiger partial charge in [0.25, 0.3) is 10.2 Å². The molecule has 57 valence electrons. The summed E-state index contributed by atoms with van der Waals surface area (Å²) in [5.74, 6) is 0. The van der Waals surface area contributed by atoms with E-state index in [1.807, 2.05) is 0 Å². The van der Waals surface area contributed by atoms with Gasteiger partial charge in [-0.05, 0) is 0 Å². The van der Waals surface area contributed by atoms with Gasteiger partial charge in [-0.3, -0.25) is 0 Å². The molecule has 0 aromatic carbocycles. The van der Waals surface area contributed by atoms with Gasteiger partial charge in [0.2, 0.25) is 0 Å². The van der Waals surface area contributed by atoms with Gasteiger partial charge in [-0.1, -0.05) is 0 Å². The molecule has 0 aromatic rings. The second-order valence-electron chi connectivity index (χ2n) is 0.591. The average Bonchev–Trinajstić information content (AvgIpc) is 1.65. The molecule has 0 rings (SSSR count). The van der Waals surface area contributed by atoms with Crippen molar-refractivity contribution in [3.05, 3.63) is 27.3 Å². The Kier molecular flexibility index (Phi) is 18.4. The molecule has 0 atom stereocenters. The zero-order valence-electron chi connectivity index (χ0n) is 4.67. The van der Waals surface area contributed by atoms with Gasteiger partial charge in [-0.2, -0.15) is 7.11 Å². The van der Waals surface area contributed by atoms with Crippen molar-refractivity contribution in [2.24, 2.45) is 0 Å². The number of hydrogen-bond acceptors (Lipinski definition) is 5. The Morgan fingerprint density at radius 2 is 1.50 bits per heavy atom. The van der Waals surface area contributed by atoms with E-state index in [1.54, 1.807) is 0 Å². The zero-order valence-corrected chi connectivity index (χ0v) is 7.51. The fourth-order valence-electron chi connectivity index (χ4n) is 0. The third-order valence-corrected chi connectivity index (χ3v) is 0.105. The predicted octanol–water partition coefficient (Wildman–Crippen LogP) is -0.364. The van der Waals surface area contributed by atoms with Gasteiger partial charge in [0.1, 0.15) is 0 Å². The minimum absolute atomic E-state index is 0. The van der Waals surface area contributed by atoms with Crippen molar-refractivity contribution < 1.29 is 52.9 Å². The van der Waals surface area contributed by atoms with E-state index in [0.717, 1.165) is 0 Å². The molecule has 1 N–H and O–H groups in total. The fourth-order valence-corrected chi connectivity index (χ4v) is 0. The molecule has 0 saturated heterocycles. The van der Waals surface area contributed by atoms with Gasteiger partial charge in [0, 0.05) is 32.7 Å². The molecule has 9 heteroatoms. The number of hydrogen-bond donors (Lipinski definition) is 1. The molecular weight excluding hydrogens is 225 g/mol. The molecule has 0 saturated carbocycles. The van der Waals surface area contributed by atoms with Crippen LogP contribution in [0.5, 0.6) is 0 Å². The predicted molar refractivity (Wildman–Crippen MR) is 22.2 cm³/mol. The molecule has 0 heterocycles. The maximum atomic E-state index is 8.89. The molecule has 0 aliphatic rings. The molecule has 0 fully saturated rings. The van der Waals surface area contributed by atoms with Crippen molar-refractivity contribution >= 4 is 0 Å². The summed E-state index contributed by atoms with van der Waals surface area (Å²) in [6, 6.07) is 0. The maximum absolute atomic E-state index is 8.89. The molecule has 1 radical (unpaired) electrons. The first-order chi connectivity index (χ1) is 4.00. The van der Waals surface area contributed by atoms with Crippen LogP contribution in [0.25, 0.3) is 0 Å². The summed E-state index contributed by atoms with van der Waals surface area (Å²) in [5.41, 5.74) is 0. The molecule has 10 heavy (non-hydrogen) atoms. The summed E-state index contributed by atoms with van der Waals surface area (Å²) in [5, 5.41) is 21.5. The van der Waals surface area contributed by atoms with Crippen LogP contribution in [0.1, 0.15) is 0 Å². The normalized spacial score (nSPS) is 5.70. The van der Waals surface area contributed by atoms with Crippen molar-refractivity contribution in [3.8, 4) is 0 Å². The molecule has 0 aliphatic heterocycles. The van der Waals surface area contributed by atoms with Gasteiger partial charge < -0.3 is 10.0 Å². The summed E-state index contributed by atoms with van der Waals surface area (Å²) in [4.78, 5) is 20.5. The van der Waals surface area contributed by atoms with Crippen molar-refractivity contribution in [1.82, 2.24) is 0 Å². The van der Waals surface area contributed by atoms with Crippen LogP contribution in [-0.2, 0) is 37.5 Å². The number of rotatable bonds is 1. The Morgan fingerprint density at radius 1 is 1.40 bits per heavy atom. The first-order valence-corrected chi connectivity index (χ1v) is 1.40. The van der Waals surface area contributed by atoms with Crippen LogP contribution in [0.2, 0.25) is 0 Å². The summed E-state index contributed by atoms with van der Waals surface area (Å²) in [6.07, 6.45) is 0. The second-order valence-corrected chi connectivity index (χ2v) is 0.591. The Bertz CT molecular complexity index is 99.9. The van der Waals surface area contributed by atoms with Crippen LogP contribution < -0.4 is 0 Å². The van der Waals surface area contributed by atoms with Gasteiger partial charge in [0.05, 0.1) is 0 Å². The molecule has 0 aromatic heterocycles. The van der Waals surface area contributed by atoms with Crippen molar-refractivity contribution in [3.63, 3.8) is 0 Å². The second kappa shape index (κ2) is 11.3. The smallest absolute Gasteiger partial charge is 0.291 e. The Balaban J connectivity index is -0.0000000910. The molecule has 0 unspecified atom stereocenters. The van der Waals surface area contributed by atoms with Crippen molar-refractivity contribution in [2.75, 3.05) is 0 Å². The molecule has 0 aliphatic carbocycles. The Hall–Kier alpha value is -0.496. The maximum Gasteiger partial charge on any atom is 0.291 e. The fraction of sp³-hybridized carbons (Fsp3) is 0. The van der Waals surface area contributed by atoms with Crippen molar-refractivity contribution in [1.29, 1.82) is 0 Å². The topological polar surface area (TPSA) is 116 Å². The molecule has 8 nitrogen and oxygen atoms in total. The van der Waals surface area contributed by atoms with Gasteiger partial charge in [-0.25, -0.2) is 0 Å². The van der Waals surface area contributed by atoms with Crippen LogP contribution >= 0.6 is 0 Å².